The van der Waals surface area contributed by atoms with E-state index < -0.39 is 5.91 Å². The average Bonchev–Trinajstić information content (AvgIpc) is 3.08. The molecule has 1 fully saturated rings. The predicted molar refractivity (Wildman–Crippen MR) is 132 cm³/mol. The van der Waals surface area contributed by atoms with Crippen LogP contribution in [0.5, 0.6) is 11.5 Å². The number of nitrogens with zero attached hydrogens (tertiary/aromatic N) is 1. The van der Waals surface area contributed by atoms with Crippen LogP contribution in [0, 0.1) is 5.82 Å². The molecular weight excluding hydrogens is 500 g/mol. The maximum Gasteiger partial charge on any atom is 0.293 e. The number of thioether (sulfide) groups is 1. The van der Waals surface area contributed by atoms with E-state index in [-0.39, 0.29) is 24.2 Å². The van der Waals surface area contributed by atoms with Gasteiger partial charge in [0.1, 0.15) is 12.4 Å². The number of carbonyl (C=O) groups is 2. The molecule has 0 aromatic heterocycles. The van der Waals surface area contributed by atoms with E-state index >= 15 is 0 Å². The van der Waals surface area contributed by atoms with Crippen LogP contribution in [-0.2, 0) is 17.9 Å². The molecule has 0 saturated carbocycles. The molecule has 0 aliphatic carbocycles. The smallest absolute Gasteiger partial charge is 0.293 e. The van der Waals surface area contributed by atoms with Gasteiger partial charge in [-0.1, -0.05) is 47.5 Å². The maximum atomic E-state index is 13.1. The predicted octanol–water partition coefficient (Wildman–Crippen LogP) is 6.96. The zero-order valence-corrected chi connectivity index (χ0v) is 20.2. The SMILES string of the molecule is COc1cc(/C=C2\SC(=O)N(Cc3ccc(F)cc3)C2=O)ccc1OCc1ccc(Cl)c(Cl)c1. The third-order valence-electron chi connectivity index (χ3n) is 4.99. The summed E-state index contributed by atoms with van der Waals surface area (Å²) in [5.74, 6) is 0.198. The second-order valence-electron chi connectivity index (χ2n) is 7.34. The molecule has 34 heavy (non-hydrogen) atoms. The van der Waals surface area contributed by atoms with E-state index in [0.29, 0.717) is 37.6 Å². The highest BCUT2D eigenvalue weighted by Gasteiger charge is 2.35. The van der Waals surface area contributed by atoms with E-state index in [4.69, 9.17) is 32.7 Å². The summed E-state index contributed by atoms with van der Waals surface area (Å²) in [7, 11) is 1.52. The fourth-order valence-electron chi connectivity index (χ4n) is 3.24. The van der Waals surface area contributed by atoms with Crippen molar-refractivity contribution < 1.29 is 23.5 Å². The molecule has 1 heterocycles. The second kappa shape index (κ2) is 10.5. The van der Waals surface area contributed by atoms with Crippen molar-refractivity contribution in [3.8, 4) is 11.5 Å². The summed E-state index contributed by atoms with van der Waals surface area (Å²) in [6.07, 6.45) is 1.63. The van der Waals surface area contributed by atoms with Crippen LogP contribution in [0.3, 0.4) is 0 Å². The lowest BCUT2D eigenvalue weighted by atomic mass is 10.1. The Balaban J connectivity index is 1.47. The van der Waals surface area contributed by atoms with Crippen molar-refractivity contribution in [1.82, 2.24) is 4.90 Å². The first kappa shape index (κ1) is 24.1. The lowest BCUT2D eigenvalue weighted by Gasteiger charge is -2.13. The summed E-state index contributed by atoms with van der Waals surface area (Å²) >= 11 is 12.9. The molecule has 3 aromatic rings. The van der Waals surface area contributed by atoms with Gasteiger partial charge in [0, 0.05) is 0 Å². The van der Waals surface area contributed by atoms with E-state index in [9.17, 15) is 14.0 Å². The molecular formula is C25H18Cl2FNO4S. The van der Waals surface area contributed by atoms with Crippen molar-refractivity contribution >= 4 is 52.2 Å². The summed E-state index contributed by atoms with van der Waals surface area (Å²) in [5, 5.41) is 0.530. The molecule has 1 aliphatic heterocycles. The van der Waals surface area contributed by atoms with E-state index in [2.05, 4.69) is 0 Å². The number of imide groups is 1. The van der Waals surface area contributed by atoms with Crippen molar-refractivity contribution in [2.45, 2.75) is 13.2 Å². The van der Waals surface area contributed by atoms with Crippen LogP contribution in [0.4, 0.5) is 9.18 Å². The summed E-state index contributed by atoms with van der Waals surface area (Å²) in [4.78, 5) is 26.6. The highest BCUT2D eigenvalue weighted by molar-refractivity contribution is 8.18. The fraction of sp³-hybridized carbons (Fsp3) is 0.120. The monoisotopic (exact) mass is 517 g/mol. The molecule has 0 spiro atoms. The summed E-state index contributed by atoms with van der Waals surface area (Å²) < 4.78 is 24.4. The summed E-state index contributed by atoms with van der Waals surface area (Å²) in [6, 6.07) is 16.1. The standard InChI is InChI=1S/C25H18Cl2FNO4S/c1-32-22-11-16(5-9-21(22)33-14-17-4-8-19(26)20(27)10-17)12-23-24(30)29(25(31)34-23)13-15-2-6-18(28)7-3-15/h2-12H,13-14H2,1H3/b23-12-. The summed E-state index contributed by atoms with van der Waals surface area (Å²) in [5.41, 5.74) is 2.18. The highest BCUT2D eigenvalue weighted by Crippen LogP contribution is 2.35. The highest BCUT2D eigenvalue weighted by atomic mass is 35.5. The zero-order valence-electron chi connectivity index (χ0n) is 17.9. The first-order valence-corrected chi connectivity index (χ1v) is 11.7. The Morgan fingerprint density at radius 3 is 2.38 bits per heavy atom. The third kappa shape index (κ3) is 5.55. The normalized spacial score (nSPS) is 14.7. The zero-order chi connectivity index (χ0) is 24.2. The average molecular weight is 518 g/mol. The molecule has 3 aromatic carbocycles. The van der Waals surface area contributed by atoms with Crippen molar-refractivity contribution in [3.05, 3.63) is 98.1 Å². The molecule has 4 rings (SSSR count). The van der Waals surface area contributed by atoms with Gasteiger partial charge in [-0.3, -0.25) is 14.5 Å². The molecule has 5 nitrogen and oxygen atoms in total. The van der Waals surface area contributed by atoms with E-state index in [1.54, 1.807) is 48.5 Å². The van der Waals surface area contributed by atoms with Gasteiger partial charge in [0.15, 0.2) is 11.5 Å². The molecule has 0 unspecified atom stereocenters. The number of hydrogen-bond donors (Lipinski definition) is 0. The lowest BCUT2D eigenvalue weighted by molar-refractivity contribution is -0.123. The van der Waals surface area contributed by atoms with Crippen molar-refractivity contribution in [3.63, 3.8) is 0 Å². The van der Waals surface area contributed by atoms with Crippen molar-refractivity contribution in [2.24, 2.45) is 0 Å². The van der Waals surface area contributed by atoms with Crippen LogP contribution >= 0.6 is 35.0 Å². The molecule has 0 bridgehead atoms. The van der Waals surface area contributed by atoms with Crippen LogP contribution in [0.25, 0.3) is 6.08 Å². The van der Waals surface area contributed by atoms with Crippen molar-refractivity contribution in [2.75, 3.05) is 7.11 Å². The minimum Gasteiger partial charge on any atom is -0.493 e. The van der Waals surface area contributed by atoms with Gasteiger partial charge in [-0.05, 0) is 70.9 Å². The van der Waals surface area contributed by atoms with Crippen LogP contribution in [0.15, 0.2) is 65.6 Å². The molecule has 1 saturated heterocycles. The molecule has 9 heteroatoms. The van der Waals surface area contributed by atoms with Gasteiger partial charge >= 0.3 is 0 Å². The van der Waals surface area contributed by atoms with Gasteiger partial charge in [0.2, 0.25) is 0 Å². The number of methoxy groups -OCH3 is 1. The van der Waals surface area contributed by atoms with E-state index in [1.807, 2.05) is 6.07 Å². The Kier molecular flexibility index (Phi) is 7.46. The molecule has 0 atom stereocenters. The Hall–Kier alpha value is -3.00. The molecule has 0 radical (unpaired) electrons. The number of benzene rings is 3. The van der Waals surface area contributed by atoms with Gasteiger partial charge in [0.05, 0.1) is 28.6 Å². The van der Waals surface area contributed by atoms with Gasteiger partial charge in [-0.15, -0.1) is 0 Å². The molecule has 2 amide bonds. The minimum absolute atomic E-state index is 0.0765. The fourth-order valence-corrected chi connectivity index (χ4v) is 4.40. The number of rotatable bonds is 7. The van der Waals surface area contributed by atoms with Crippen LogP contribution in [-0.4, -0.2) is 23.2 Å². The number of halogens is 3. The first-order chi connectivity index (χ1) is 16.3. The largest absolute Gasteiger partial charge is 0.493 e. The third-order valence-corrected chi connectivity index (χ3v) is 6.64. The van der Waals surface area contributed by atoms with Crippen LogP contribution < -0.4 is 9.47 Å². The Labute approximate surface area is 210 Å². The molecule has 1 aliphatic rings. The second-order valence-corrected chi connectivity index (χ2v) is 9.15. The molecule has 174 valence electrons. The van der Waals surface area contributed by atoms with Crippen LogP contribution in [0.1, 0.15) is 16.7 Å². The number of carbonyl (C=O) groups excluding carboxylic acids is 2. The van der Waals surface area contributed by atoms with Gasteiger partial charge in [-0.2, -0.15) is 0 Å². The Morgan fingerprint density at radius 2 is 1.68 bits per heavy atom. The van der Waals surface area contributed by atoms with Crippen molar-refractivity contribution in [1.29, 1.82) is 0 Å². The van der Waals surface area contributed by atoms with E-state index in [1.165, 1.54) is 19.2 Å². The van der Waals surface area contributed by atoms with Crippen LogP contribution in [0.2, 0.25) is 10.0 Å². The number of ether oxygens (including phenoxy) is 2. The van der Waals surface area contributed by atoms with E-state index in [0.717, 1.165) is 22.2 Å². The minimum atomic E-state index is -0.404. The van der Waals surface area contributed by atoms with Gasteiger partial charge in [0.25, 0.3) is 11.1 Å². The maximum absolute atomic E-state index is 13.1. The number of hydrogen-bond acceptors (Lipinski definition) is 5. The molecule has 0 N–H and O–H groups in total. The van der Waals surface area contributed by atoms with Gasteiger partial charge in [-0.25, -0.2) is 4.39 Å². The number of amides is 2. The Bertz CT molecular complexity index is 1280. The lowest BCUT2D eigenvalue weighted by Crippen LogP contribution is -2.27. The quantitative estimate of drug-likeness (QED) is 0.317. The topological polar surface area (TPSA) is 55.8 Å². The summed E-state index contributed by atoms with van der Waals surface area (Å²) in [6.45, 7) is 0.335. The van der Waals surface area contributed by atoms with Gasteiger partial charge < -0.3 is 9.47 Å². The first-order valence-electron chi connectivity index (χ1n) is 10.1. The Morgan fingerprint density at radius 1 is 0.941 bits per heavy atom.